The van der Waals surface area contributed by atoms with E-state index in [9.17, 15) is 18.0 Å². The summed E-state index contributed by atoms with van der Waals surface area (Å²) in [5.41, 5.74) is 0.988. The molecule has 0 aliphatic carbocycles. The molecule has 9 heteroatoms. The minimum absolute atomic E-state index is 0.0234. The smallest absolute Gasteiger partial charge is 0.264 e. The zero-order valence-corrected chi connectivity index (χ0v) is 19.9. The second kappa shape index (κ2) is 11.3. The van der Waals surface area contributed by atoms with Crippen LogP contribution in [0, 0.1) is 5.92 Å². The fourth-order valence-corrected chi connectivity index (χ4v) is 5.00. The van der Waals surface area contributed by atoms with Crippen molar-refractivity contribution in [1.82, 2.24) is 10.2 Å². The van der Waals surface area contributed by atoms with E-state index >= 15 is 0 Å². The van der Waals surface area contributed by atoms with Crippen molar-refractivity contribution in [2.75, 3.05) is 44.7 Å². The average molecular weight is 474 g/mol. The summed E-state index contributed by atoms with van der Waals surface area (Å²) in [7, 11) is -0.601. The van der Waals surface area contributed by atoms with Crippen LogP contribution in [0.4, 0.5) is 5.69 Å². The van der Waals surface area contributed by atoms with E-state index in [1.54, 1.807) is 48.4 Å². The molecule has 1 N–H and O–H groups in total. The van der Waals surface area contributed by atoms with Gasteiger partial charge in [-0.05, 0) is 55.7 Å². The number of nitrogens with zero attached hydrogens (tertiary/aromatic N) is 2. The van der Waals surface area contributed by atoms with Gasteiger partial charge >= 0.3 is 0 Å². The monoisotopic (exact) mass is 473 g/mol. The first kappa shape index (κ1) is 24.7. The predicted molar refractivity (Wildman–Crippen MR) is 127 cm³/mol. The van der Waals surface area contributed by atoms with Crippen molar-refractivity contribution in [2.24, 2.45) is 5.92 Å². The maximum atomic E-state index is 12.9. The van der Waals surface area contributed by atoms with E-state index in [2.05, 4.69) is 5.32 Å². The molecule has 0 radical (unpaired) electrons. The minimum atomic E-state index is -3.73. The number of hydrogen-bond donors (Lipinski definition) is 1. The zero-order chi connectivity index (χ0) is 23.8. The fraction of sp³-hybridized carbons (Fsp3) is 0.417. The first-order chi connectivity index (χ1) is 15.8. The molecule has 2 aromatic rings. The maximum Gasteiger partial charge on any atom is 0.264 e. The highest BCUT2D eigenvalue weighted by Crippen LogP contribution is 2.23. The molecule has 1 heterocycles. The number of piperidine rings is 1. The molecule has 3 rings (SSSR count). The molecular formula is C24H31N3O5S. The molecule has 8 nitrogen and oxygen atoms in total. The Morgan fingerprint density at radius 2 is 1.70 bits per heavy atom. The molecule has 1 saturated heterocycles. The molecule has 1 aliphatic heterocycles. The molecular weight excluding hydrogens is 442 g/mol. The number of benzene rings is 2. The number of anilines is 1. The Bertz CT molecular complexity index is 1030. The highest BCUT2D eigenvalue weighted by Gasteiger charge is 2.28. The lowest BCUT2D eigenvalue weighted by atomic mass is 9.95. The van der Waals surface area contributed by atoms with Gasteiger partial charge in [0, 0.05) is 51.9 Å². The van der Waals surface area contributed by atoms with E-state index in [0.29, 0.717) is 50.3 Å². The van der Waals surface area contributed by atoms with Crippen LogP contribution in [0.5, 0.6) is 0 Å². The number of methoxy groups -OCH3 is 1. The summed E-state index contributed by atoms with van der Waals surface area (Å²) in [6.07, 6.45) is 1.98. The predicted octanol–water partition coefficient (Wildman–Crippen LogP) is 2.52. The van der Waals surface area contributed by atoms with E-state index in [1.807, 2.05) is 6.07 Å². The number of sulfonamides is 1. The van der Waals surface area contributed by atoms with Gasteiger partial charge in [0.15, 0.2) is 0 Å². The van der Waals surface area contributed by atoms with Crippen molar-refractivity contribution in [1.29, 1.82) is 0 Å². The molecule has 178 valence electrons. The minimum Gasteiger partial charge on any atom is -0.385 e. The summed E-state index contributed by atoms with van der Waals surface area (Å²) < 4.78 is 32.0. The van der Waals surface area contributed by atoms with Gasteiger partial charge in [-0.2, -0.15) is 0 Å². The lowest BCUT2D eigenvalue weighted by molar-refractivity contribution is -0.126. The summed E-state index contributed by atoms with van der Waals surface area (Å²) in [6.45, 7) is 2.17. The molecule has 0 unspecified atom stereocenters. The van der Waals surface area contributed by atoms with Gasteiger partial charge in [-0.3, -0.25) is 13.9 Å². The lowest BCUT2D eigenvalue weighted by Crippen LogP contribution is -2.43. The van der Waals surface area contributed by atoms with Crippen molar-refractivity contribution in [3.8, 4) is 0 Å². The second-order valence-corrected chi connectivity index (χ2v) is 10.0. The quantitative estimate of drug-likeness (QED) is 0.565. The standard InChI is InChI=1S/C24H31N3O5S/c1-26(21-7-4-3-5-8-21)33(30,31)22-11-9-20(10-12-22)24(29)27-16-13-19(14-17-27)23(28)25-15-6-18-32-2/h3-5,7-12,19H,6,13-18H2,1-2H3,(H,25,28). The SMILES string of the molecule is COCCCNC(=O)C1CCN(C(=O)c2ccc(S(=O)(=O)N(C)c3ccccc3)cc2)CC1. The van der Waals surface area contributed by atoms with Gasteiger partial charge in [0.05, 0.1) is 10.6 Å². The van der Waals surface area contributed by atoms with E-state index in [4.69, 9.17) is 4.74 Å². The van der Waals surface area contributed by atoms with Crippen molar-refractivity contribution in [3.63, 3.8) is 0 Å². The Hall–Kier alpha value is -2.91. The molecule has 0 bridgehead atoms. The number of rotatable bonds is 9. The number of likely N-dealkylation sites (tertiary alicyclic amines) is 1. The van der Waals surface area contributed by atoms with E-state index in [0.717, 1.165) is 6.42 Å². The molecule has 2 amide bonds. The maximum absolute atomic E-state index is 12.9. The van der Waals surface area contributed by atoms with Crippen LogP contribution in [-0.2, 0) is 19.6 Å². The van der Waals surface area contributed by atoms with Crippen molar-refractivity contribution >= 4 is 27.5 Å². The van der Waals surface area contributed by atoms with Crippen molar-refractivity contribution in [3.05, 3.63) is 60.2 Å². The van der Waals surface area contributed by atoms with Crippen LogP contribution in [-0.4, -0.2) is 65.5 Å². The van der Waals surface area contributed by atoms with Crippen LogP contribution in [0.3, 0.4) is 0 Å². The van der Waals surface area contributed by atoms with Gasteiger partial charge in [-0.1, -0.05) is 18.2 Å². The van der Waals surface area contributed by atoms with E-state index in [1.165, 1.54) is 23.5 Å². The topological polar surface area (TPSA) is 96.0 Å². The van der Waals surface area contributed by atoms with Crippen LogP contribution in [0.2, 0.25) is 0 Å². The second-order valence-electron chi connectivity index (χ2n) is 8.04. The Labute approximate surface area is 195 Å². The third kappa shape index (κ3) is 6.11. The molecule has 0 saturated carbocycles. The van der Waals surface area contributed by atoms with Crippen molar-refractivity contribution in [2.45, 2.75) is 24.2 Å². The lowest BCUT2D eigenvalue weighted by Gasteiger charge is -2.31. The average Bonchev–Trinajstić information content (AvgIpc) is 2.86. The fourth-order valence-electron chi connectivity index (χ4n) is 3.80. The summed E-state index contributed by atoms with van der Waals surface area (Å²) >= 11 is 0. The van der Waals surface area contributed by atoms with Crippen LogP contribution < -0.4 is 9.62 Å². The highest BCUT2D eigenvalue weighted by atomic mass is 32.2. The van der Waals surface area contributed by atoms with Gasteiger partial charge in [0.1, 0.15) is 0 Å². The molecule has 1 aliphatic rings. The van der Waals surface area contributed by atoms with Gasteiger partial charge in [0.25, 0.3) is 15.9 Å². The normalized spacial score (nSPS) is 14.7. The van der Waals surface area contributed by atoms with E-state index in [-0.39, 0.29) is 22.6 Å². The van der Waals surface area contributed by atoms with Gasteiger partial charge in [0.2, 0.25) is 5.91 Å². The number of hydrogen-bond acceptors (Lipinski definition) is 5. The third-order valence-electron chi connectivity index (χ3n) is 5.86. The first-order valence-electron chi connectivity index (χ1n) is 11.0. The Morgan fingerprint density at radius 1 is 1.06 bits per heavy atom. The van der Waals surface area contributed by atoms with Gasteiger partial charge in [-0.25, -0.2) is 8.42 Å². The van der Waals surface area contributed by atoms with Gasteiger partial charge < -0.3 is 15.0 Å². The van der Waals surface area contributed by atoms with Crippen LogP contribution in [0.1, 0.15) is 29.6 Å². The zero-order valence-electron chi connectivity index (χ0n) is 19.1. The molecule has 0 spiro atoms. The molecule has 0 atom stereocenters. The molecule has 0 aromatic heterocycles. The number of carbonyl (C=O) groups is 2. The summed E-state index contributed by atoms with van der Waals surface area (Å²) in [4.78, 5) is 27.0. The molecule has 33 heavy (non-hydrogen) atoms. The van der Waals surface area contributed by atoms with Crippen molar-refractivity contribution < 1.29 is 22.7 Å². The highest BCUT2D eigenvalue weighted by molar-refractivity contribution is 7.92. The van der Waals surface area contributed by atoms with E-state index < -0.39 is 10.0 Å². The number of nitrogens with one attached hydrogen (secondary N) is 1. The Morgan fingerprint density at radius 3 is 2.30 bits per heavy atom. The molecule has 1 fully saturated rings. The number of carbonyl (C=O) groups excluding carboxylic acids is 2. The summed E-state index contributed by atoms with van der Waals surface area (Å²) in [5, 5.41) is 2.92. The first-order valence-corrected chi connectivity index (χ1v) is 12.5. The van der Waals surface area contributed by atoms with Gasteiger partial charge in [-0.15, -0.1) is 0 Å². The summed E-state index contributed by atoms with van der Waals surface area (Å²) in [5.74, 6) is -0.234. The Kier molecular flexibility index (Phi) is 8.46. The van der Waals surface area contributed by atoms with Crippen LogP contribution in [0.25, 0.3) is 0 Å². The number of amides is 2. The number of ether oxygens (including phenoxy) is 1. The Balaban J connectivity index is 1.57. The number of para-hydroxylation sites is 1. The van der Waals surface area contributed by atoms with Crippen LogP contribution in [0.15, 0.2) is 59.5 Å². The largest absolute Gasteiger partial charge is 0.385 e. The van der Waals surface area contributed by atoms with Crippen LogP contribution >= 0.6 is 0 Å². The molecule has 2 aromatic carbocycles. The summed E-state index contributed by atoms with van der Waals surface area (Å²) in [6, 6.07) is 14.8. The third-order valence-corrected chi connectivity index (χ3v) is 7.66.